The zero-order valence-corrected chi connectivity index (χ0v) is 17.2. The smallest absolute Gasteiger partial charge is 0.415 e. The van der Waals surface area contributed by atoms with Crippen molar-refractivity contribution in [1.82, 2.24) is 20.2 Å². The largest absolute Gasteiger partial charge is 0.444 e. The third kappa shape index (κ3) is 4.18. The third-order valence-corrected chi connectivity index (χ3v) is 5.63. The summed E-state index contributed by atoms with van der Waals surface area (Å²) in [5.41, 5.74) is 3.28. The van der Waals surface area contributed by atoms with Crippen molar-refractivity contribution in [2.45, 2.75) is 39.1 Å². The molecule has 0 radical (unpaired) electrons. The Morgan fingerprint density at radius 3 is 2.76 bits per heavy atom. The first kappa shape index (κ1) is 19.6. The van der Waals surface area contributed by atoms with E-state index in [4.69, 9.17) is 4.74 Å². The van der Waals surface area contributed by atoms with Crippen LogP contribution in [0.25, 0.3) is 0 Å². The number of hydrogen-bond donors (Lipinski definition) is 2. The number of amides is 1. The molecular formula is C21H28N6O2. The van der Waals surface area contributed by atoms with Crippen molar-refractivity contribution in [1.29, 1.82) is 0 Å². The van der Waals surface area contributed by atoms with Crippen molar-refractivity contribution in [2.24, 2.45) is 0 Å². The summed E-state index contributed by atoms with van der Waals surface area (Å²) in [4.78, 5) is 24.8. The number of carbonyl (C=O) groups is 1. The van der Waals surface area contributed by atoms with Crippen molar-refractivity contribution >= 4 is 17.9 Å². The van der Waals surface area contributed by atoms with Crippen molar-refractivity contribution in [2.75, 3.05) is 36.9 Å². The van der Waals surface area contributed by atoms with Crippen LogP contribution in [0.5, 0.6) is 0 Å². The van der Waals surface area contributed by atoms with Gasteiger partial charge in [-0.15, -0.1) is 0 Å². The summed E-state index contributed by atoms with van der Waals surface area (Å²) in [6.45, 7) is 7.79. The lowest BCUT2D eigenvalue weighted by Gasteiger charge is -2.35. The molecule has 0 aliphatic carbocycles. The van der Waals surface area contributed by atoms with Crippen LogP contribution in [-0.2, 0) is 17.9 Å². The van der Waals surface area contributed by atoms with E-state index in [0.717, 1.165) is 30.8 Å². The molecule has 2 aromatic rings. The maximum Gasteiger partial charge on any atom is 0.415 e. The number of anilines is 2. The van der Waals surface area contributed by atoms with E-state index in [9.17, 15) is 4.79 Å². The van der Waals surface area contributed by atoms with Gasteiger partial charge in [-0.1, -0.05) is 24.3 Å². The SMILES string of the molecule is CCN1C(=O)OCc2cnc(NC(C)c3ccc(CN(C)C4CNC4)cc3)nc21. The lowest BCUT2D eigenvalue weighted by molar-refractivity contribution is 0.141. The van der Waals surface area contributed by atoms with Crippen LogP contribution in [0, 0.1) is 0 Å². The number of hydrogen-bond acceptors (Lipinski definition) is 7. The second-order valence-corrected chi connectivity index (χ2v) is 7.68. The Bertz CT molecular complexity index is 868. The van der Waals surface area contributed by atoms with E-state index < -0.39 is 0 Å². The minimum Gasteiger partial charge on any atom is -0.444 e. The summed E-state index contributed by atoms with van der Waals surface area (Å²) in [5, 5.41) is 6.66. The average molecular weight is 396 g/mol. The monoisotopic (exact) mass is 396 g/mol. The zero-order chi connectivity index (χ0) is 20.4. The van der Waals surface area contributed by atoms with E-state index in [1.807, 2.05) is 6.92 Å². The van der Waals surface area contributed by atoms with E-state index >= 15 is 0 Å². The molecule has 3 heterocycles. The Morgan fingerprint density at radius 2 is 2.10 bits per heavy atom. The average Bonchev–Trinajstić information content (AvgIpc) is 2.67. The van der Waals surface area contributed by atoms with Crippen LogP contribution in [0.15, 0.2) is 30.5 Å². The molecular weight excluding hydrogens is 368 g/mol. The molecule has 1 atom stereocenters. The highest BCUT2D eigenvalue weighted by atomic mass is 16.6. The Labute approximate surface area is 171 Å². The fourth-order valence-corrected chi connectivity index (χ4v) is 3.58. The van der Waals surface area contributed by atoms with Crippen molar-refractivity contribution < 1.29 is 9.53 Å². The molecule has 2 aliphatic heterocycles. The van der Waals surface area contributed by atoms with Crippen LogP contribution < -0.4 is 15.5 Å². The number of nitrogens with one attached hydrogen (secondary N) is 2. The minimum absolute atomic E-state index is 0.0429. The molecule has 0 spiro atoms. The molecule has 1 aromatic carbocycles. The van der Waals surface area contributed by atoms with E-state index in [0.29, 0.717) is 24.4 Å². The number of rotatable bonds is 7. The lowest BCUT2D eigenvalue weighted by Crippen LogP contribution is -2.55. The van der Waals surface area contributed by atoms with Gasteiger partial charge in [-0.05, 0) is 32.0 Å². The van der Waals surface area contributed by atoms with Gasteiger partial charge in [0.25, 0.3) is 0 Å². The number of ether oxygens (including phenoxy) is 1. The van der Waals surface area contributed by atoms with Gasteiger partial charge in [0.15, 0.2) is 0 Å². The topological polar surface area (TPSA) is 82.6 Å². The van der Waals surface area contributed by atoms with Crippen LogP contribution in [0.3, 0.4) is 0 Å². The molecule has 1 aromatic heterocycles. The second-order valence-electron chi connectivity index (χ2n) is 7.68. The highest BCUT2D eigenvalue weighted by Gasteiger charge is 2.27. The van der Waals surface area contributed by atoms with Gasteiger partial charge in [0, 0.05) is 38.4 Å². The second kappa shape index (κ2) is 8.34. The van der Waals surface area contributed by atoms with E-state index in [1.165, 1.54) is 10.5 Å². The predicted molar refractivity (Wildman–Crippen MR) is 112 cm³/mol. The molecule has 8 nitrogen and oxygen atoms in total. The Kier molecular flexibility index (Phi) is 5.64. The number of aromatic nitrogens is 2. The lowest BCUT2D eigenvalue weighted by atomic mass is 10.0. The summed E-state index contributed by atoms with van der Waals surface area (Å²) in [5.74, 6) is 1.13. The van der Waals surface area contributed by atoms with Crippen molar-refractivity contribution in [3.8, 4) is 0 Å². The molecule has 2 N–H and O–H groups in total. The molecule has 1 saturated heterocycles. The predicted octanol–water partition coefficient (Wildman–Crippen LogP) is 2.53. The minimum atomic E-state index is -0.365. The number of nitrogens with zero attached hydrogens (tertiary/aromatic N) is 4. The Hall–Kier alpha value is -2.71. The normalized spacial score (nSPS) is 17.5. The maximum atomic E-state index is 11.9. The molecule has 2 aliphatic rings. The maximum absolute atomic E-state index is 11.9. The van der Waals surface area contributed by atoms with Crippen LogP contribution in [0.2, 0.25) is 0 Å². The number of benzene rings is 1. The van der Waals surface area contributed by atoms with Gasteiger partial charge in [0.2, 0.25) is 5.95 Å². The quantitative estimate of drug-likeness (QED) is 0.744. The van der Waals surface area contributed by atoms with Gasteiger partial charge >= 0.3 is 6.09 Å². The van der Waals surface area contributed by atoms with E-state index in [2.05, 4.69) is 63.7 Å². The van der Waals surface area contributed by atoms with Crippen LogP contribution >= 0.6 is 0 Å². The number of fused-ring (bicyclic) bond motifs is 1. The summed E-state index contributed by atoms with van der Waals surface area (Å²) in [6.07, 6.45) is 1.36. The Balaban J connectivity index is 1.42. The number of likely N-dealkylation sites (N-methyl/N-ethyl adjacent to an activating group) is 1. The first-order chi connectivity index (χ1) is 14.0. The van der Waals surface area contributed by atoms with Gasteiger partial charge < -0.3 is 15.4 Å². The van der Waals surface area contributed by atoms with Gasteiger partial charge in [-0.2, -0.15) is 4.98 Å². The number of cyclic esters (lactones) is 1. The van der Waals surface area contributed by atoms with E-state index in [-0.39, 0.29) is 18.7 Å². The molecule has 4 rings (SSSR count). The van der Waals surface area contributed by atoms with Gasteiger partial charge in [0.1, 0.15) is 12.4 Å². The van der Waals surface area contributed by atoms with E-state index in [1.54, 1.807) is 6.20 Å². The summed E-state index contributed by atoms with van der Waals surface area (Å²) < 4.78 is 5.14. The van der Waals surface area contributed by atoms with Gasteiger partial charge in [-0.25, -0.2) is 9.78 Å². The number of carbonyl (C=O) groups excluding carboxylic acids is 1. The fraction of sp³-hybridized carbons (Fsp3) is 0.476. The molecule has 8 heteroatoms. The standard InChI is InChI=1S/C21H28N6O2/c1-4-27-19-17(13-29-21(27)28)9-23-20(25-19)24-14(2)16-7-5-15(6-8-16)12-26(3)18-10-22-11-18/h5-9,14,18,22H,4,10-13H2,1-3H3,(H,23,24,25). The first-order valence-electron chi connectivity index (χ1n) is 10.1. The summed E-state index contributed by atoms with van der Waals surface area (Å²) in [6, 6.07) is 9.33. The molecule has 154 valence electrons. The van der Waals surface area contributed by atoms with Crippen LogP contribution in [0.4, 0.5) is 16.6 Å². The molecule has 1 fully saturated rings. The third-order valence-electron chi connectivity index (χ3n) is 5.63. The fourth-order valence-electron chi connectivity index (χ4n) is 3.58. The summed E-state index contributed by atoms with van der Waals surface area (Å²) >= 11 is 0. The molecule has 0 bridgehead atoms. The summed E-state index contributed by atoms with van der Waals surface area (Å²) in [7, 11) is 2.17. The van der Waals surface area contributed by atoms with Gasteiger partial charge in [-0.3, -0.25) is 9.80 Å². The molecule has 29 heavy (non-hydrogen) atoms. The van der Waals surface area contributed by atoms with Crippen molar-refractivity contribution in [3.63, 3.8) is 0 Å². The molecule has 1 amide bonds. The molecule has 1 unspecified atom stereocenters. The first-order valence-corrected chi connectivity index (χ1v) is 10.1. The Morgan fingerprint density at radius 1 is 1.34 bits per heavy atom. The highest BCUT2D eigenvalue weighted by Crippen LogP contribution is 2.26. The van der Waals surface area contributed by atoms with Gasteiger partial charge in [0.05, 0.1) is 11.6 Å². The zero-order valence-electron chi connectivity index (χ0n) is 17.2. The van der Waals surface area contributed by atoms with Crippen LogP contribution in [0.1, 0.15) is 36.6 Å². The van der Waals surface area contributed by atoms with Crippen LogP contribution in [-0.4, -0.2) is 53.7 Å². The van der Waals surface area contributed by atoms with Crippen molar-refractivity contribution in [3.05, 3.63) is 47.2 Å². The highest BCUT2D eigenvalue weighted by molar-refractivity contribution is 5.89. The molecule has 0 saturated carbocycles.